The van der Waals surface area contributed by atoms with Gasteiger partial charge in [0.2, 0.25) is 0 Å². The fourth-order valence-corrected chi connectivity index (χ4v) is 4.57. The Kier molecular flexibility index (Phi) is 6.20. The molecule has 4 heterocycles. The predicted molar refractivity (Wildman–Crippen MR) is 150 cm³/mol. The third-order valence-corrected chi connectivity index (χ3v) is 6.42. The summed E-state index contributed by atoms with van der Waals surface area (Å²) in [6.07, 6.45) is 7.12. The molecule has 198 valence electrons. The highest BCUT2D eigenvalue weighted by molar-refractivity contribution is 6.04. The van der Waals surface area contributed by atoms with Crippen molar-refractivity contribution in [1.29, 1.82) is 0 Å². The average molecular weight is 534 g/mol. The molecule has 3 aromatic heterocycles. The first-order chi connectivity index (χ1) is 19.4. The molecule has 0 bridgehead atoms. The van der Waals surface area contributed by atoms with Gasteiger partial charge in [0.25, 0.3) is 5.91 Å². The molecule has 0 saturated heterocycles. The molecule has 1 unspecified atom stereocenters. The zero-order valence-electron chi connectivity index (χ0n) is 21.7. The van der Waals surface area contributed by atoms with E-state index in [1.807, 2.05) is 37.5 Å². The SMILES string of the molecule is CC(NC(=O)c1c(N)nn2c1NCC=C2)c1nc2cccc(C#Cc3cnn(C)c3)c2nc1-c1cccc(F)c1. The average Bonchev–Trinajstić information content (AvgIpc) is 3.52. The minimum absolute atomic E-state index is 0.102. The highest BCUT2D eigenvalue weighted by Gasteiger charge is 2.26. The first kappa shape index (κ1) is 24.8. The number of anilines is 2. The van der Waals surface area contributed by atoms with E-state index in [0.29, 0.717) is 45.9 Å². The second-order valence-corrected chi connectivity index (χ2v) is 9.31. The molecule has 0 spiro atoms. The van der Waals surface area contributed by atoms with Crippen molar-refractivity contribution in [1.82, 2.24) is 34.8 Å². The Labute approximate surface area is 228 Å². The zero-order valence-corrected chi connectivity index (χ0v) is 21.7. The number of nitrogens with one attached hydrogen (secondary N) is 2. The van der Waals surface area contributed by atoms with Gasteiger partial charge < -0.3 is 16.4 Å². The number of amides is 1. The van der Waals surface area contributed by atoms with Gasteiger partial charge in [0.1, 0.15) is 22.7 Å². The lowest BCUT2D eigenvalue weighted by atomic mass is 10.0. The van der Waals surface area contributed by atoms with E-state index in [1.54, 1.807) is 36.1 Å². The van der Waals surface area contributed by atoms with Crippen molar-refractivity contribution in [3.8, 4) is 23.1 Å². The molecule has 1 aliphatic rings. The van der Waals surface area contributed by atoms with E-state index in [4.69, 9.17) is 15.7 Å². The number of rotatable bonds is 4. The molecule has 10 nitrogen and oxygen atoms in total. The number of nitrogen functional groups attached to an aromatic ring is 1. The number of halogens is 1. The van der Waals surface area contributed by atoms with Crippen molar-refractivity contribution in [3.63, 3.8) is 0 Å². The van der Waals surface area contributed by atoms with E-state index in [-0.39, 0.29) is 11.4 Å². The van der Waals surface area contributed by atoms with Crippen LogP contribution in [0.1, 0.15) is 40.1 Å². The number of aromatic nitrogens is 6. The first-order valence-corrected chi connectivity index (χ1v) is 12.5. The van der Waals surface area contributed by atoms with Gasteiger partial charge in [0, 0.05) is 31.6 Å². The van der Waals surface area contributed by atoms with Crippen molar-refractivity contribution >= 4 is 34.8 Å². The number of nitrogens with two attached hydrogens (primary N) is 1. The Morgan fingerprint density at radius 2 is 2.05 bits per heavy atom. The Balaban J connectivity index is 1.43. The normalized spacial score (nSPS) is 12.8. The van der Waals surface area contributed by atoms with Crippen LogP contribution in [0.25, 0.3) is 28.5 Å². The third-order valence-electron chi connectivity index (χ3n) is 6.42. The number of fused-ring (bicyclic) bond motifs is 2. The van der Waals surface area contributed by atoms with Gasteiger partial charge in [0.15, 0.2) is 5.82 Å². The van der Waals surface area contributed by atoms with Crippen LogP contribution in [-0.4, -0.2) is 42.0 Å². The summed E-state index contributed by atoms with van der Waals surface area (Å²) in [5, 5.41) is 14.5. The van der Waals surface area contributed by atoms with Gasteiger partial charge in [0.05, 0.1) is 40.3 Å². The molecular weight excluding hydrogens is 509 g/mol. The van der Waals surface area contributed by atoms with E-state index in [2.05, 4.69) is 32.7 Å². The molecule has 5 aromatic rings. The van der Waals surface area contributed by atoms with Crippen LogP contribution < -0.4 is 16.4 Å². The van der Waals surface area contributed by atoms with Gasteiger partial charge in [-0.05, 0) is 37.3 Å². The lowest BCUT2D eigenvalue weighted by Gasteiger charge is -2.19. The second-order valence-electron chi connectivity index (χ2n) is 9.31. The fourth-order valence-electron chi connectivity index (χ4n) is 4.57. The molecule has 1 atom stereocenters. The number of nitrogens with zero attached hydrogens (tertiary/aromatic N) is 6. The number of hydrogen-bond acceptors (Lipinski definition) is 7. The fraction of sp³-hybridized carbons (Fsp3) is 0.138. The van der Waals surface area contributed by atoms with Gasteiger partial charge in [-0.2, -0.15) is 5.10 Å². The summed E-state index contributed by atoms with van der Waals surface area (Å²) < 4.78 is 17.5. The highest BCUT2D eigenvalue weighted by Crippen LogP contribution is 2.30. The second kappa shape index (κ2) is 9.99. The molecule has 40 heavy (non-hydrogen) atoms. The maximum atomic E-state index is 14.3. The maximum Gasteiger partial charge on any atom is 0.259 e. The predicted octanol–water partition coefficient (Wildman–Crippen LogP) is 3.74. The standard InChI is InChI=1S/C29H24FN9O/c1-17(34-29(40)23-27(31)37-39-13-5-12-32-28(23)39)24-26(20-7-3-8-21(30)14-20)36-25-19(6-4-9-22(25)35-24)11-10-18-15-33-38(2)16-18/h3-9,13-17,32H,12H2,1-2H3,(H2,31,37)(H,34,40). The lowest BCUT2D eigenvalue weighted by Crippen LogP contribution is -2.29. The van der Waals surface area contributed by atoms with Gasteiger partial charge in [-0.25, -0.2) is 19.0 Å². The van der Waals surface area contributed by atoms with Crippen LogP contribution in [-0.2, 0) is 7.05 Å². The van der Waals surface area contributed by atoms with E-state index >= 15 is 0 Å². The van der Waals surface area contributed by atoms with Crippen LogP contribution in [0.3, 0.4) is 0 Å². The van der Waals surface area contributed by atoms with Crippen molar-refractivity contribution < 1.29 is 9.18 Å². The zero-order chi connectivity index (χ0) is 27.8. The molecule has 2 aromatic carbocycles. The van der Waals surface area contributed by atoms with Crippen molar-refractivity contribution in [2.45, 2.75) is 13.0 Å². The number of carbonyl (C=O) groups excluding carboxylic acids is 1. The summed E-state index contributed by atoms with van der Waals surface area (Å²) in [5.41, 5.74) is 10.3. The topological polar surface area (TPSA) is 129 Å². The monoisotopic (exact) mass is 533 g/mol. The quantitative estimate of drug-likeness (QED) is 0.300. The Bertz CT molecular complexity index is 1880. The molecule has 1 amide bonds. The number of benzene rings is 2. The van der Waals surface area contributed by atoms with Crippen LogP contribution in [0, 0.1) is 17.7 Å². The Morgan fingerprint density at radius 1 is 1.20 bits per heavy atom. The Hall–Kier alpha value is -5.50. The first-order valence-electron chi connectivity index (χ1n) is 12.5. The van der Waals surface area contributed by atoms with E-state index < -0.39 is 17.8 Å². The van der Waals surface area contributed by atoms with Crippen LogP contribution in [0.15, 0.2) is 60.9 Å². The number of para-hydroxylation sites is 1. The number of hydrogen-bond donors (Lipinski definition) is 3. The van der Waals surface area contributed by atoms with E-state index in [0.717, 1.165) is 5.56 Å². The summed E-state index contributed by atoms with van der Waals surface area (Å²) in [5.74, 6) is 6.04. The van der Waals surface area contributed by atoms with Gasteiger partial charge >= 0.3 is 0 Å². The summed E-state index contributed by atoms with van der Waals surface area (Å²) in [6.45, 7) is 2.34. The molecule has 4 N–H and O–H groups in total. The molecule has 0 saturated carbocycles. The third kappa shape index (κ3) is 4.63. The summed E-state index contributed by atoms with van der Waals surface area (Å²) in [6, 6.07) is 11.0. The highest BCUT2D eigenvalue weighted by atomic mass is 19.1. The summed E-state index contributed by atoms with van der Waals surface area (Å²) in [7, 11) is 1.82. The van der Waals surface area contributed by atoms with Gasteiger partial charge in [-0.15, -0.1) is 5.10 Å². The summed E-state index contributed by atoms with van der Waals surface area (Å²) in [4.78, 5) is 23.2. The minimum atomic E-state index is -0.609. The molecule has 6 rings (SSSR count). The van der Waals surface area contributed by atoms with Crippen molar-refractivity contribution in [3.05, 3.63) is 89.1 Å². The minimum Gasteiger partial charge on any atom is -0.381 e. The van der Waals surface area contributed by atoms with E-state index in [1.165, 1.54) is 16.8 Å². The number of carbonyl (C=O) groups is 1. The van der Waals surface area contributed by atoms with Crippen LogP contribution in [0.4, 0.5) is 16.0 Å². The van der Waals surface area contributed by atoms with Crippen molar-refractivity contribution in [2.75, 3.05) is 17.6 Å². The lowest BCUT2D eigenvalue weighted by molar-refractivity contribution is 0.0941. The summed E-state index contributed by atoms with van der Waals surface area (Å²) >= 11 is 0. The molecule has 1 aliphatic heterocycles. The molecule has 0 fully saturated rings. The van der Waals surface area contributed by atoms with Gasteiger partial charge in [-0.3, -0.25) is 9.48 Å². The van der Waals surface area contributed by atoms with E-state index in [9.17, 15) is 9.18 Å². The molecular formula is C29H24FN9O. The van der Waals surface area contributed by atoms with Crippen LogP contribution in [0.5, 0.6) is 0 Å². The molecule has 0 aliphatic carbocycles. The molecule has 0 radical (unpaired) electrons. The maximum absolute atomic E-state index is 14.3. The Morgan fingerprint density at radius 3 is 2.85 bits per heavy atom. The van der Waals surface area contributed by atoms with Gasteiger partial charge in [-0.1, -0.05) is 30.0 Å². The molecule has 11 heteroatoms. The van der Waals surface area contributed by atoms with Crippen molar-refractivity contribution in [2.24, 2.45) is 7.05 Å². The smallest absolute Gasteiger partial charge is 0.259 e. The number of aryl methyl sites for hydroxylation is 1. The van der Waals surface area contributed by atoms with Crippen LogP contribution in [0.2, 0.25) is 0 Å². The largest absolute Gasteiger partial charge is 0.381 e. The van der Waals surface area contributed by atoms with Crippen LogP contribution >= 0.6 is 0 Å².